The Hall–Kier alpha value is -2.59. The largest absolute Gasteiger partial charge is 0.383 e. The van der Waals surface area contributed by atoms with E-state index >= 15 is 0 Å². The van der Waals surface area contributed by atoms with Crippen LogP contribution in [0.5, 0.6) is 0 Å². The molecular weight excluding hydrogens is 310 g/mol. The summed E-state index contributed by atoms with van der Waals surface area (Å²) >= 11 is 0. The van der Waals surface area contributed by atoms with Crippen molar-refractivity contribution < 1.29 is 4.74 Å². The van der Waals surface area contributed by atoms with Gasteiger partial charge in [-0.25, -0.2) is 4.98 Å². The molecule has 1 aromatic heterocycles. The van der Waals surface area contributed by atoms with Crippen LogP contribution in [0.4, 0.5) is 11.5 Å². The highest BCUT2D eigenvalue weighted by Gasteiger charge is 2.13. The predicted octanol–water partition coefficient (Wildman–Crippen LogP) is 4.24. The molecule has 0 bridgehead atoms. The number of rotatable bonds is 7. The molecular formula is C21H25N3O. The van der Waals surface area contributed by atoms with Crippen molar-refractivity contribution in [3.63, 3.8) is 0 Å². The SMILES string of the molecule is COCCNc1cnc(N(C)Cc2ccccc2)c2c(C)cccc12. The molecule has 4 nitrogen and oxygen atoms in total. The summed E-state index contributed by atoms with van der Waals surface area (Å²) in [4.78, 5) is 6.98. The number of fused-ring (bicyclic) bond motifs is 1. The summed E-state index contributed by atoms with van der Waals surface area (Å²) in [5.74, 6) is 1.01. The highest BCUT2D eigenvalue weighted by Crippen LogP contribution is 2.32. The zero-order chi connectivity index (χ0) is 17.6. The van der Waals surface area contributed by atoms with Gasteiger partial charge in [-0.3, -0.25) is 0 Å². The Morgan fingerprint density at radius 2 is 1.88 bits per heavy atom. The fourth-order valence-electron chi connectivity index (χ4n) is 3.10. The molecule has 1 N–H and O–H groups in total. The molecule has 3 rings (SSSR count). The lowest BCUT2D eigenvalue weighted by molar-refractivity contribution is 0.211. The average Bonchev–Trinajstić information content (AvgIpc) is 2.63. The van der Waals surface area contributed by atoms with Crippen LogP contribution < -0.4 is 10.2 Å². The summed E-state index contributed by atoms with van der Waals surface area (Å²) in [7, 11) is 3.81. The summed E-state index contributed by atoms with van der Waals surface area (Å²) < 4.78 is 5.14. The van der Waals surface area contributed by atoms with Gasteiger partial charge in [0, 0.05) is 38.0 Å². The highest BCUT2D eigenvalue weighted by atomic mass is 16.5. The second-order valence-corrected chi connectivity index (χ2v) is 6.25. The van der Waals surface area contributed by atoms with E-state index in [0.717, 1.165) is 24.6 Å². The molecule has 130 valence electrons. The van der Waals surface area contributed by atoms with Gasteiger partial charge in [-0.15, -0.1) is 0 Å². The number of methoxy groups -OCH3 is 1. The number of benzene rings is 2. The van der Waals surface area contributed by atoms with E-state index in [1.54, 1.807) is 7.11 Å². The number of aromatic nitrogens is 1. The molecule has 3 aromatic rings. The standard InChI is InChI=1S/C21H25N3O/c1-16-8-7-11-18-19(22-12-13-25-3)14-23-21(20(16)18)24(2)15-17-9-5-4-6-10-17/h4-11,14,22H,12-13,15H2,1-3H3. The Bertz CT molecular complexity index is 833. The smallest absolute Gasteiger partial charge is 0.136 e. The van der Waals surface area contributed by atoms with Crippen LogP contribution in [-0.2, 0) is 11.3 Å². The molecule has 0 saturated heterocycles. The Morgan fingerprint density at radius 3 is 2.64 bits per heavy atom. The van der Waals surface area contributed by atoms with Gasteiger partial charge in [0.1, 0.15) is 5.82 Å². The number of hydrogen-bond acceptors (Lipinski definition) is 4. The third-order valence-corrected chi connectivity index (χ3v) is 4.35. The Kier molecular flexibility index (Phi) is 5.51. The normalized spacial score (nSPS) is 10.8. The van der Waals surface area contributed by atoms with Gasteiger partial charge >= 0.3 is 0 Å². The third kappa shape index (κ3) is 3.91. The number of pyridine rings is 1. The minimum atomic E-state index is 0.670. The van der Waals surface area contributed by atoms with Gasteiger partial charge in [-0.05, 0) is 18.1 Å². The minimum Gasteiger partial charge on any atom is -0.383 e. The number of ether oxygens (including phenoxy) is 1. The van der Waals surface area contributed by atoms with E-state index in [2.05, 4.69) is 66.7 Å². The maximum absolute atomic E-state index is 5.14. The first-order valence-corrected chi connectivity index (χ1v) is 8.57. The summed E-state index contributed by atoms with van der Waals surface area (Å²) in [5.41, 5.74) is 3.55. The number of hydrogen-bond donors (Lipinski definition) is 1. The van der Waals surface area contributed by atoms with Gasteiger partial charge in [0.05, 0.1) is 18.5 Å². The molecule has 0 fully saturated rings. The van der Waals surface area contributed by atoms with Gasteiger partial charge in [0.15, 0.2) is 0 Å². The molecule has 0 atom stereocenters. The fraction of sp³-hybridized carbons (Fsp3) is 0.286. The molecule has 0 saturated carbocycles. The van der Waals surface area contributed by atoms with Crippen molar-refractivity contribution in [3.05, 3.63) is 65.9 Å². The fourth-order valence-corrected chi connectivity index (χ4v) is 3.10. The lowest BCUT2D eigenvalue weighted by Gasteiger charge is -2.22. The Balaban J connectivity index is 1.97. The number of nitrogens with one attached hydrogen (secondary N) is 1. The average molecular weight is 335 g/mol. The van der Waals surface area contributed by atoms with E-state index in [-0.39, 0.29) is 0 Å². The molecule has 0 aliphatic heterocycles. The third-order valence-electron chi connectivity index (χ3n) is 4.35. The van der Waals surface area contributed by atoms with Crippen LogP contribution in [0.2, 0.25) is 0 Å². The van der Waals surface area contributed by atoms with E-state index in [1.807, 2.05) is 12.3 Å². The number of anilines is 2. The first-order valence-electron chi connectivity index (χ1n) is 8.57. The van der Waals surface area contributed by atoms with E-state index < -0.39 is 0 Å². The highest BCUT2D eigenvalue weighted by molar-refractivity contribution is 6.02. The van der Waals surface area contributed by atoms with Crippen molar-refractivity contribution in [2.75, 3.05) is 37.5 Å². The van der Waals surface area contributed by atoms with Crippen LogP contribution in [0, 0.1) is 6.92 Å². The predicted molar refractivity (Wildman–Crippen MR) is 105 cm³/mol. The van der Waals surface area contributed by atoms with Crippen molar-refractivity contribution >= 4 is 22.3 Å². The van der Waals surface area contributed by atoms with Crippen molar-refractivity contribution in [3.8, 4) is 0 Å². The van der Waals surface area contributed by atoms with Crippen LogP contribution in [0.3, 0.4) is 0 Å². The zero-order valence-corrected chi connectivity index (χ0v) is 15.1. The lowest BCUT2D eigenvalue weighted by Crippen LogP contribution is -2.18. The monoisotopic (exact) mass is 335 g/mol. The zero-order valence-electron chi connectivity index (χ0n) is 15.1. The molecule has 4 heteroatoms. The van der Waals surface area contributed by atoms with Gasteiger partial charge in [-0.1, -0.05) is 48.5 Å². The van der Waals surface area contributed by atoms with E-state index in [9.17, 15) is 0 Å². The minimum absolute atomic E-state index is 0.670. The second kappa shape index (κ2) is 7.99. The maximum atomic E-state index is 5.14. The van der Waals surface area contributed by atoms with Gasteiger partial charge < -0.3 is 15.0 Å². The van der Waals surface area contributed by atoms with Crippen molar-refractivity contribution in [1.82, 2.24) is 4.98 Å². The van der Waals surface area contributed by atoms with Crippen molar-refractivity contribution in [2.24, 2.45) is 0 Å². The van der Waals surface area contributed by atoms with Crippen LogP contribution in [0.1, 0.15) is 11.1 Å². The summed E-state index contributed by atoms with van der Waals surface area (Å²) in [5, 5.41) is 5.82. The van der Waals surface area contributed by atoms with Crippen LogP contribution >= 0.6 is 0 Å². The lowest BCUT2D eigenvalue weighted by atomic mass is 10.0. The summed E-state index contributed by atoms with van der Waals surface area (Å²) in [6.45, 7) is 4.40. The molecule has 2 aromatic carbocycles. The van der Waals surface area contributed by atoms with Gasteiger partial charge in [0.25, 0.3) is 0 Å². The molecule has 0 spiro atoms. The molecule has 0 amide bonds. The van der Waals surface area contributed by atoms with E-state index in [0.29, 0.717) is 6.61 Å². The molecule has 25 heavy (non-hydrogen) atoms. The molecule has 1 heterocycles. The summed E-state index contributed by atoms with van der Waals surface area (Å²) in [6.07, 6.45) is 1.92. The molecule has 0 aliphatic rings. The van der Waals surface area contributed by atoms with Gasteiger partial charge in [-0.2, -0.15) is 0 Å². The first kappa shape index (κ1) is 17.2. The van der Waals surface area contributed by atoms with Gasteiger partial charge in [0.2, 0.25) is 0 Å². The maximum Gasteiger partial charge on any atom is 0.136 e. The Morgan fingerprint density at radius 1 is 1.08 bits per heavy atom. The van der Waals surface area contributed by atoms with Crippen molar-refractivity contribution in [2.45, 2.75) is 13.5 Å². The molecule has 0 aliphatic carbocycles. The van der Waals surface area contributed by atoms with Crippen molar-refractivity contribution in [1.29, 1.82) is 0 Å². The molecule has 0 radical (unpaired) electrons. The number of aryl methyl sites for hydroxylation is 1. The molecule has 0 unspecified atom stereocenters. The van der Waals surface area contributed by atoms with E-state index in [1.165, 1.54) is 21.9 Å². The van der Waals surface area contributed by atoms with Crippen LogP contribution in [0.15, 0.2) is 54.7 Å². The Labute approximate surface area is 149 Å². The first-order chi connectivity index (χ1) is 12.2. The summed E-state index contributed by atoms with van der Waals surface area (Å²) in [6, 6.07) is 16.9. The quantitative estimate of drug-likeness (QED) is 0.655. The van der Waals surface area contributed by atoms with Crippen LogP contribution in [0.25, 0.3) is 10.8 Å². The number of nitrogens with zero attached hydrogens (tertiary/aromatic N) is 2. The van der Waals surface area contributed by atoms with E-state index in [4.69, 9.17) is 9.72 Å². The second-order valence-electron chi connectivity index (χ2n) is 6.25. The van der Waals surface area contributed by atoms with Crippen LogP contribution in [-0.4, -0.2) is 32.3 Å². The topological polar surface area (TPSA) is 37.4 Å².